The van der Waals surface area contributed by atoms with Crippen molar-refractivity contribution in [2.45, 2.75) is 23.8 Å². The van der Waals surface area contributed by atoms with Gasteiger partial charge in [0.05, 0.1) is 0 Å². The number of nitrogens with zero attached hydrogens (tertiary/aromatic N) is 2. The normalized spacial score (nSPS) is 17.0. The van der Waals surface area contributed by atoms with Gasteiger partial charge in [0.15, 0.2) is 0 Å². The van der Waals surface area contributed by atoms with E-state index in [2.05, 4.69) is 15.0 Å². The lowest BCUT2D eigenvalue weighted by Crippen LogP contribution is -2.40. The number of carbonyl (C=O) groups excluding carboxylic acids is 1. The van der Waals surface area contributed by atoms with Crippen LogP contribution < -0.4 is 10.0 Å². The summed E-state index contributed by atoms with van der Waals surface area (Å²) in [7, 11) is -1.84. The number of hydrogen-bond acceptors (Lipinski definition) is 5. The van der Waals surface area contributed by atoms with Crippen LogP contribution in [-0.4, -0.2) is 56.9 Å². The van der Waals surface area contributed by atoms with Crippen LogP contribution in [0, 0.1) is 0 Å². The van der Waals surface area contributed by atoms with E-state index < -0.39 is 10.0 Å². The highest BCUT2D eigenvalue weighted by molar-refractivity contribution is 7.89. The lowest BCUT2D eigenvalue weighted by molar-refractivity contribution is -0.131. The van der Waals surface area contributed by atoms with E-state index in [0.717, 1.165) is 19.5 Å². The molecule has 7 nitrogen and oxygen atoms in total. The molecule has 1 fully saturated rings. The second-order valence-corrected chi connectivity index (χ2v) is 6.75. The van der Waals surface area contributed by atoms with Gasteiger partial charge in [-0.25, -0.2) is 13.1 Å². The third-order valence-corrected chi connectivity index (χ3v) is 5.00. The number of rotatable bonds is 6. The van der Waals surface area contributed by atoms with Crippen LogP contribution in [0.1, 0.15) is 12.8 Å². The predicted octanol–water partition coefficient (Wildman–Crippen LogP) is 0.414. The molecule has 1 amide bonds. The van der Waals surface area contributed by atoms with Gasteiger partial charge in [-0.1, -0.05) is 0 Å². The first-order valence-corrected chi connectivity index (χ1v) is 8.35. The average Bonchev–Trinajstić information content (AvgIpc) is 3.01. The Kier molecular flexibility index (Phi) is 9.64. The zero-order valence-corrected chi connectivity index (χ0v) is 15.2. The number of pyridine rings is 1. The van der Waals surface area contributed by atoms with Crippen molar-refractivity contribution in [3.05, 3.63) is 24.5 Å². The van der Waals surface area contributed by atoms with Crippen molar-refractivity contribution < 1.29 is 13.2 Å². The minimum absolute atomic E-state index is 0. The van der Waals surface area contributed by atoms with E-state index in [4.69, 9.17) is 0 Å². The van der Waals surface area contributed by atoms with Gasteiger partial charge in [0, 0.05) is 45.0 Å². The summed E-state index contributed by atoms with van der Waals surface area (Å²) < 4.78 is 26.3. The van der Waals surface area contributed by atoms with Crippen LogP contribution in [0.4, 0.5) is 0 Å². The first kappa shape index (κ1) is 22.1. The molecule has 1 aromatic heterocycles. The fraction of sp³-hybridized carbons (Fsp3) is 0.538. The lowest BCUT2D eigenvalue weighted by Gasteiger charge is -2.23. The van der Waals surface area contributed by atoms with Crippen LogP contribution in [0.3, 0.4) is 0 Å². The zero-order valence-electron chi connectivity index (χ0n) is 12.8. The number of amides is 1. The van der Waals surface area contributed by atoms with Crippen LogP contribution >= 0.6 is 24.8 Å². The molecule has 1 aliphatic rings. The van der Waals surface area contributed by atoms with E-state index in [-0.39, 0.29) is 54.6 Å². The topological polar surface area (TPSA) is 91.4 Å². The van der Waals surface area contributed by atoms with Gasteiger partial charge in [-0.2, -0.15) is 0 Å². The molecule has 1 atom stereocenters. The molecule has 2 N–H and O–H groups in total. The van der Waals surface area contributed by atoms with Gasteiger partial charge in [-0.3, -0.25) is 9.78 Å². The highest BCUT2D eigenvalue weighted by Gasteiger charge is 2.23. The molecule has 23 heavy (non-hydrogen) atoms. The Bertz CT molecular complexity index is 580. The van der Waals surface area contributed by atoms with Crippen molar-refractivity contribution in [1.82, 2.24) is 19.9 Å². The van der Waals surface area contributed by atoms with E-state index in [0.29, 0.717) is 0 Å². The summed E-state index contributed by atoms with van der Waals surface area (Å²) in [5.41, 5.74) is 0. The van der Waals surface area contributed by atoms with E-state index >= 15 is 0 Å². The summed E-state index contributed by atoms with van der Waals surface area (Å²) in [6.45, 7) is 1.79. The average molecular weight is 385 g/mol. The third-order valence-electron chi connectivity index (χ3n) is 3.55. The van der Waals surface area contributed by atoms with Crippen molar-refractivity contribution in [3.63, 3.8) is 0 Å². The van der Waals surface area contributed by atoms with Gasteiger partial charge in [-0.15, -0.1) is 24.8 Å². The fourth-order valence-electron chi connectivity index (χ4n) is 2.23. The Hall–Kier alpha value is -0.930. The first-order valence-electron chi connectivity index (χ1n) is 6.87. The number of nitrogens with one attached hydrogen (secondary N) is 2. The van der Waals surface area contributed by atoms with Crippen LogP contribution in [0.2, 0.25) is 0 Å². The fourth-order valence-corrected chi connectivity index (χ4v) is 3.23. The van der Waals surface area contributed by atoms with Crippen molar-refractivity contribution in [2.75, 3.05) is 26.7 Å². The van der Waals surface area contributed by atoms with Gasteiger partial charge >= 0.3 is 0 Å². The molecule has 1 aromatic rings. The number of carbonyl (C=O) groups is 1. The van der Waals surface area contributed by atoms with Crippen molar-refractivity contribution in [3.8, 4) is 0 Å². The quantitative estimate of drug-likeness (QED) is 0.741. The van der Waals surface area contributed by atoms with Crippen LogP contribution in [-0.2, 0) is 14.8 Å². The van der Waals surface area contributed by atoms with E-state index in [1.54, 1.807) is 18.0 Å². The highest BCUT2D eigenvalue weighted by atomic mass is 35.5. The minimum atomic E-state index is -3.60. The molecule has 1 saturated heterocycles. The molecule has 2 heterocycles. The molecular weight excluding hydrogens is 363 g/mol. The maximum atomic E-state index is 12.0. The molecule has 0 spiro atoms. The second kappa shape index (κ2) is 10.0. The molecule has 0 radical (unpaired) electrons. The molecule has 2 rings (SSSR count). The lowest BCUT2D eigenvalue weighted by atomic mass is 10.2. The summed E-state index contributed by atoms with van der Waals surface area (Å²) in [6.07, 6.45) is 3.86. The highest BCUT2D eigenvalue weighted by Crippen LogP contribution is 2.08. The molecule has 0 saturated carbocycles. The standard InChI is InChI=1S/C13H20N4O3S.2ClH/c1-17(11-4-7-15-9-11)13(18)5-8-16-21(19,20)12-3-2-6-14-10-12;;/h2-3,6,10-11,15-16H,4-5,7-9H2,1H3;2*1H. The minimum Gasteiger partial charge on any atom is -0.341 e. The second-order valence-electron chi connectivity index (χ2n) is 4.99. The molecular formula is C13H22Cl2N4O3S. The van der Waals surface area contributed by atoms with Crippen LogP contribution in [0.25, 0.3) is 0 Å². The first-order chi connectivity index (χ1) is 10.0. The van der Waals surface area contributed by atoms with Gasteiger partial charge in [0.25, 0.3) is 0 Å². The van der Waals surface area contributed by atoms with Crippen molar-refractivity contribution in [1.29, 1.82) is 0 Å². The molecule has 10 heteroatoms. The van der Waals surface area contributed by atoms with Gasteiger partial charge in [0.2, 0.25) is 15.9 Å². The Morgan fingerprint density at radius 3 is 2.78 bits per heavy atom. The maximum Gasteiger partial charge on any atom is 0.242 e. The predicted molar refractivity (Wildman–Crippen MR) is 92.6 cm³/mol. The third kappa shape index (κ3) is 6.23. The Morgan fingerprint density at radius 2 is 2.22 bits per heavy atom. The molecule has 132 valence electrons. The Morgan fingerprint density at radius 1 is 1.48 bits per heavy atom. The van der Waals surface area contributed by atoms with Gasteiger partial charge in [0.1, 0.15) is 4.90 Å². The van der Waals surface area contributed by atoms with Crippen LogP contribution in [0.15, 0.2) is 29.4 Å². The van der Waals surface area contributed by atoms with Crippen molar-refractivity contribution in [2.24, 2.45) is 0 Å². The molecule has 0 aliphatic carbocycles. The Balaban J connectivity index is 0.00000242. The van der Waals surface area contributed by atoms with E-state index in [1.165, 1.54) is 18.5 Å². The summed E-state index contributed by atoms with van der Waals surface area (Å²) in [5, 5.41) is 3.20. The number of likely N-dealkylation sites (N-methyl/N-ethyl adjacent to an activating group) is 1. The summed E-state index contributed by atoms with van der Waals surface area (Å²) in [4.78, 5) is 17.6. The summed E-state index contributed by atoms with van der Waals surface area (Å²) in [5.74, 6) is -0.0578. The summed E-state index contributed by atoms with van der Waals surface area (Å²) >= 11 is 0. The number of halogens is 2. The van der Waals surface area contributed by atoms with Crippen molar-refractivity contribution >= 4 is 40.7 Å². The molecule has 1 unspecified atom stereocenters. The van der Waals surface area contributed by atoms with E-state index in [1.807, 2.05) is 0 Å². The van der Waals surface area contributed by atoms with E-state index in [9.17, 15) is 13.2 Å². The largest absolute Gasteiger partial charge is 0.341 e. The van der Waals surface area contributed by atoms with Gasteiger partial charge in [-0.05, 0) is 25.1 Å². The number of sulfonamides is 1. The smallest absolute Gasteiger partial charge is 0.242 e. The van der Waals surface area contributed by atoms with Crippen LogP contribution in [0.5, 0.6) is 0 Å². The molecule has 1 aliphatic heterocycles. The molecule has 0 bridgehead atoms. The Labute approximate surface area is 149 Å². The molecule has 0 aromatic carbocycles. The summed E-state index contributed by atoms with van der Waals surface area (Å²) in [6, 6.07) is 3.22. The zero-order chi connectivity index (χ0) is 15.3. The maximum absolute atomic E-state index is 12.0. The monoisotopic (exact) mass is 384 g/mol. The number of aromatic nitrogens is 1. The van der Waals surface area contributed by atoms with Gasteiger partial charge < -0.3 is 10.2 Å². The SMILES string of the molecule is CN(C(=O)CCNS(=O)(=O)c1cccnc1)C1CCNC1.Cl.Cl. The number of hydrogen-bond donors (Lipinski definition) is 2.